The van der Waals surface area contributed by atoms with Gasteiger partial charge in [-0.3, -0.25) is 4.79 Å². The van der Waals surface area contributed by atoms with Gasteiger partial charge in [0.05, 0.1) is 16.4 Å². The SMILES string of the molecule is Cc1cc(C(=O)N2CCCC(C)CC2)sc1C#CCCO. The summed E-state index contributed by atoms with van der Waals surface area (Å²) in [5.74, 6) is 6.84. The Morgan fingerprint density at radius 2 is 2.29 bits per heavy atom. The molecule has 1 fully saturated rings. The van der Waals surface area contributed by atoms with Gasteiger partial charge >= 0.3 is 0 Å². The van der Waals surface area contributed by atoms with Crippen LogP contribution in [0.15, 0.2) is 6.07 Å². The standard InChI is InChI=1S/C17H23NO2S/c1-13-6-5-9-18(10-8-13)17(20)16-12-14(2)15(21-16)7-3-4-11-19/h12-13,19H,4-6,8-11H2,1-2H3. The first kappa shape index (κ1) is 16.1. The lowest BCUT2D eigenvalue weighted by atomic mass is 10.0. The minimum atomic E-state index is 0.0785. The lowest BCUT2D eigenvalue weighted by Gasteiger charge is -2.19. The van der Waals surface area contributed by atoms with Gasteiger partial charge in [0.15, 0.2) is 0 Å². The molecular weight excluding hydrogens is 282 g/mol. The molecule has 1 aromatic heterocycles. The van der Waals surface area contributed by atoms with Crippen LogP contribution in [0.5, 0.6) is 0 Å². The number of hydrogen-bond acceptors (Lipinski definition) is 3. The van der Waals surface area contributed by atoms with Crippen molar-refractivity contribution < 1.29 is 9.90 Å². The van der Waals surface area contributed by atoms with Crippen molar-refractivity contribution in [3.63, 3.8) is 0 Å². The monoisotopic (exact) mass is 305 g/mol. The summed E-state index contributed by atoms with van der Waals surface area (Å²) < 4.78 is 0. The molecule has 1 unspecified atom stereocenters. The van der Waals surface area contributed by atoms with E-state index in [9.17, 15) is 4.79 Å². The molecule has 2 heterocycles. The highest BCUT2D eigenvalue weighted by atomic mass is 32.1. The van der Waals surface area contributed by atoms with Gasteiger partial charge in [-0.05, 0) is 43.7 Å². The first-order valence-electron chi connectivity index (χ1n) is 7.61. The van der Waals surface area contributed by atoms with Gasteiger partial charge in [0.25, 0.3) is 5.91 Å². The lowest BCUT2D eigenvalue weighted by Crippen LogP contribution is -2.31. The molecule has 0 bridgehead atoms. The van der Waals surface area contributed by atoms with Gasteiger partial charge in [-0.15, -0.1) is 11.3 Å². The Hall–Kier alpha value is -1.31. The second-order valence-corrected chi connectivity index (χ2v) is 6.78. The Bertz CT molecular complexity index is 553. The maximum Gasteiger partial charge on any atom is 0.263 e. The van der Waals surface area contributed by atoms with E-state index in [0.717, 1.165) is 41.2 Å². The highest BCUT2D eigenvalue weighted by molar-refractivity contribution is 7.14. The molecule has 0 spiro atoms. The summed E-state index contributed by atoms with van der Waals surface area (Å²) in [4.78, 5) is 16.3. The summed E-state index contributed by atoms with van der Waals surface area (Å²) in [6, 6.07) is 1.95. The van der Waals surface area contributed by atoms with Gasteiger partial charge in [0.2, 0.25) is 0 Å². The molecule has 1 aliphatic heterocycles. The van der Waals surface area contributed by atoms with Crippen LogP contribution in [-0.2, 0) is 0 Å². The molecule has 1 saturated heterocycles. The van der Waals surface area contributed by atoms with Gasteiger partial charge in [0.1, 0.15) is 0 Å². The number of nitrogens with zero attached hydrogens (tertiary/aromatic N) is 1. The number of carbonyl (C=O) groups excluding carboxylic acids is 1. The fraction of sp³-hybridized carbons (Fsp3) is 0.588. The largest absolute Gasteiger partial charge is 0.395 e. The average molecular weight is 305 g/mol. The average Bonchev–Trinajstić information content (AvgIpc) is 2.69. The summed E-state index contributed by atoms with van der Waals surface area (Å²) in [7, 11) is 0. The molecule has 114 valence electrons. The number of aliphatic hydroxyl groups excluding tert-OH is 1. The highest BCUT2D eigenvalue weighted by Crippen LogP contribution is 2.24. The van der Waals surface area contributed by atoms with Crippen LogP contribution in [0.3, 0.4) is 0 Å². The van der Waals surface area contributed by atoms with E-state index in [4.69, 9.17) is 5.11 Å². The molecular formula is C17H23NO2S. The number of likely N-dealkylation sites (tertiary alicyclic amines) is 1. The molecule has 1 aromatic rings. The molecule has 0 saturated carbocycles. The number of thiophene rings is 1. The van der Waals surface area contributed by atoms with E-state index in [0.29, 0.717) is 12.3 Å². The van der Waals surface area contributed by atoms with Gasteiger partial charge in [-0.1, -0.05) is 18.8 Å². The molecule has 21 heavy (non-hydrogen) atoms. The smallest absolute Gasteiger partial charge is 0.263 e. The molecule has 0 aromatic carbocycles. The minimum absolute atomic E-state index is 0.0785. The van der Waals surface area contributed by atoms with Gasteiger partial charge in [-0.25, -0.2) is 0 Å². The van der Waals surface area contributed by atoms with Crippen LogP contribution in [0, 0.1) is 24.7 Å². The van der Waals surface area contributed by atoms with E-state index in [1.807, 2.05) is 17.9 Å². The summed E-state index contributed by atoms with van der Waals surface area (Å²) in [5.41, 5.74) is 1.05. The zero-order valence-corrected chi connectivity index (χ0v) is 13.6. The van der Waals surface area contributed by atoms with Crippen molar-refractivity contribution in [2.24, 2.45) is 5.92 Å². The summed E-state index contributed by atoms with van der Waals surface area (Å²) in [6.07, 6.45) is 3.88. The van der Waals surface area contributed by atoms with Gasteiger partial charge in [-0.2, -0.15) is 0 Å². The van der Waals surface area contributed by atoms with E-state index in [-0.39, 0.29) is 12.5 Å². The van der Waals surface area contributed by atoms with Crippen LogP contribution in [0.2, 0.25) is 0 Å². The van der Waals surface area contributed by atoms with Crippen LogP contribution >= 0.6 is 11.3 Å². The van der Waals surface area contributed by atoms with Crippen LogP contribution < -0.4 is 0 Å². The van der Waals surface area contributed by atoms with Crippen molar-refractivity contribution >= 4 is 17.2 Å². The number of amides is 1. The number of aliphatic hydroxyl groups is 1. The number of rotatable bonds is 2. The topological polar surface area (TPSA) is 40.5 Å². The predicted octanol–water partition coefficient (Wildman–Crippen LogP) is 3.05. The molecule has 0 radical (unpaired) electrons. The third-order valence-corrected chi connectivity index (χ3v) is 5.01. The van der Waals surface area contributed by atoms with E-state index in [1.54, 1.807) is 0 Å². The Balaban J connectivity index is 2.09. The zero-order valence-electron chi connectivity index (χ0n) is 12.8. The normalized spacial score (nSPS) is 18.8. The van der Waals surface area contributed by atoms with Crippen LogP contribution in [0.4, 0.5) is 0 Å². The maximum absolute atomic E-state index is 12.6. The quantitative estimate of drug-likeness (QED) is 0.853. The minimum Gasteiger partial charge on any atom is -0.395 e. The lowest BCUT2D eigenvalue weighted by molar-refractivity contribution is 0.0765. The molecule has 3 nitrogen and oxygen atoms in total. The third-order valence-electron chi connectivity index (χ3n) is 3.87. The van der Waals surface area contributed by atoms with E-state index < -0.39 is 0 Å². The van der Waals surface area contributed by atoms with Crippen molar-refractivity contribution in [1.29, 1.82) is 0 Å². The second-order valence-electron chi connectivity index (χ2n) is 5.73. The molecule has 1 atom stereocenters. The number of hydrogen-bond donors (Lipinski definition) is 1. The molecule has 2 rings (SSSR count). The summed E-state index contributed by atoms with van der Waals surface area (Å²) in [6.45, 7) is 6.06. The van der Waals surface area contributed by atoms with E-state index >= 15 is 0 Å². The van der Waals surface area contributed by atoms with Crippen LogP contribution in [0.1, 0.15) is 52.7 Å². The third kappa shape index (κ3) is 4.33. The second kappa shape index (κ2) is 7.63. The molecule has 4 heteroatoms. The van der Waals surface area contributed by atoms with Crippen LogP contribution in [-0.4, -0.2) is 35.6 Å². The fourth-order valence-electron chi connectivity index (χ4n) is 2.53. The van der Waals surface area contributed by atoms with Crippen molar-refractivity contribution in [3.8, 4) is 11.8 Å². The Morgan fingerprint density at radius 3 is 3.05 bits per heavy atom. The molecule has 1 amide bonds. The summed E-state index contributed by atoms with van der Waals surface area (Å²) in [5, 5.41) is 8.77. The van der Waals surface area contributed by atoms with Crippen LogP contribution in [0.25, 0.3) is 0 Å². The molecule has 1 N–H and O–H groups in total. The van der Waals surface area contributed by atoms with Gasteiger partial charge in [0, 0.05) is 19.5 Å². The molecule has 0 aliphatic carbocycles. The van der Waals surface area contributed by atoms with Crippen molar-refractivity contribution in [2.45, 2.75) is 39.5 Å². The van der Waals surface area contributed by atoms with E-state index in [2.05, 4.69) is 18.8 Å². The summed E-state index contributed by atoms with van der Waals surface area (Å²) >= 11 is 1.47. The van der Waals surface area contributed by atoms with Crippen molar-refractivity contribution in [3.05, 3.63) is 21.4 Å². The zero-order chi connectivity index (χ0) is 15.2. The Morgan fingerprint density at radius 1 is 1.48 bits per heavy atom. The van der Waals surface area contributed by atoms with E-state index in [1.165, 1.54) is 17.8 Å². The van der Waals surface area contributed by atoms with Crippen molar-refractivity contribution in [1.82, 2.24) is 4.90 Å². The van der Waals surface area contributed by atoms with Gasteiger partial charge < -0.3 is 10.0 Å². The first-order valence-corrected chi connectivity index (χ1v) is 8.43. The number of carbonyl (C=O) groups is 1. The molecule has 1 aliphatic rings. The Kier molecular flexibility index (Phi) is 5.84. The van der Waals surface area contributed by atoms with Crippen molar-refractivity contribution in [2.75, 3.05) is 19.7 Å². The Labute approximate surface area is 131 Å². The first-order chi connectivity index (χ1) is 10.1. The highest BCUT2D eigenvalue weighted by Gasteiger charge is 2.21. The maximum atomic E-state index is 12.6. The predicted molar refractivity (Wildman–Crippen MR) is 86.6 cm³/mol. The fourth-order valence-corrected chi connectivity index (χ4v) is 3.55. The number of aryl methyl sites for hydroxylation is 1.